The van der Waals surface area contributed by atoms with E-state index in [1.54, 1.807) is 0 Å². The topological polar surface area (TPSA) is 41.1 Å². The molecule has 1 amide bonds. The maximum atomic E-state index is 13.2. The van der Waals surface area contributed by atoms with Gasteiger partial charge in [-0.2, -0.15) is 0 Å². The minimum Gasteiger partial charge on any atom is -0.374 e. The summed E-state index contributed by atoms with van der Waals surface area (Å²) in [6.45, 7) is 5.50. The molecule has 0 aliphatic carbocycles. The summed E-state index contributed by atoms with van der Waals surface area (Å²) in [4.78, 5) is 11.4. The molecule has 0 fully saturated rings. The fourth-order valence-electron chi connectivity index (χ4n) is 1.27. The van der Waals surface area contributed by atoms with Gasteiger partial charge >= 0.3 is 0 Å². The van der Waals surface area contributed by atoms with Crippen molar-refractivity contribution in [1.82, 2.24) is 5.32 Å². The van der Waals surface area contributed by atoms with E-state index < -0.39 is 11.6 Å². The SMILES string of the molecule is CC(C)(C)NC(=O)CNc1ccc(F)cc1F. The Labute approximate surface area is 99.2 Å². The molecular weight excluding hydrogens is 226 g/mol. The molecule has 94 valence electrons. The molecule has 0 aliphatic heterocycles. The number of carbonyl (C=O) groups is 1. The van der Waals surface area contributed by atoms with Crippen LogP contribution in [0.4, 0.5) is 14.5 Å². The summed E-state index contributed by atoms with van der Waals surface area (Å²) in [5.41, 5.74) is -0.226. The monoisotopic (exact) mass is 242 g/mol. The molecule has 2 N–H and O–H groups in total. The van der Waals surface area contributed by atoms with E-state index in [0.29, 0.717) is 0 Å². The second kappa shape index (κ2) is 5.12. The quantitative estimate of drug-likeness (QED) is 0.853. The number of hydrogen-bond acceptors (Lipinski definition) is 2. The molecule has 17 heavy (non-hydrogen) atoms. The Morgan fingerprint density at radius 1 is 1.29 bits per heavy atom. The zero-order valence-electron chi connectivity index (χ0n) is 10.1. The summed E-state index contributed by atoms with van der Waals surface area (Å²) in [6.07, 6.45) is 0. The molecular formula is C12H16F2N2O. The average molecular weight is 242 g/mol. The Morgan fingerprint density at radius 3 is 2.47 bits per heavy atom. The summed E-state index contributed by atoms with van der Waals surface area (Å²) in [5.74, 6) is -1.61. The third-order valence-corrected chi connectivity index (χ3v) is 1.88. The zero-order valence-corrected chi connectivity index (χ0v) is 10.1. The standard InChI is InChI=1S/C12H16F2N2O/c1-12(2,3)16-11(17)7-15-10-5-4-8(13)6-9(10)14/h4-6,15H,7H2,1-3H3,(H,16,17). The van der Waals surface area contributed by atoms with Crippen LogP contribution in [-0.2, 0) is 4.79 Å². The van der Waals surface area contributed by atoms with Crippen LogP contribution in [0.5, 0.6) is 0 Å². The number of amides is 1. The molecule has 0 aliphatic rings. The van der Waals surface area contributed by atoms with Crippen molar-refractivity contribution in [3.63, 3.8) is 0 Å². The highest BCUT2D eigenvalue weighted by Crippen LogP contribution is 2.14. The molecule has 0 bridgehead atoms. The predicted octanol–water partition coefficient (Wildman–Crippen LogP) is 2.29. The van der Waals surface area contributed by atoms with Crippen molar-refractivity contribution < 1.29 is 13.6 Å². The molecule has 0 saturated heterocycles. The van der Waals surface area contributed by atoms with Crippen LogP contribution in [-0.4, -0.2) is 18.0 Å². The summed E-state index contributed by atoms with van der Waals surface area (Å²) in [5, 5.41) is 5.33. The zero-order chi connectivity index (χ0) is 13.1. The van der Waals surface area contributed by atoms with E-state index in [-0.39, 0.29) is 23.7 Å². The van der Waals surface area contributed by atoms with E-state index in [0.717, 1.165) is 12.1 Å². The number of nitrogens with one attached hydrogen (secondary N) is 2. The minimum absolute atomic E-state index is 0.0557. The van der Waals surface area contributed by atoms with E-state index in [2.05, 4.69) is 10.6 Å². The fraction of sp³-hybridized carbons (Fsp3) is 0.417. The molecule has 3 nitrogen and oxygen atoms in total. The maximum Gasteiger partial charge on any atom is 0.239 e. The summed E-state index contributed by atoms with van der Waals surface area (Å²) < 4.78 is 25.8. The highest BCUT2D eigenvalue weighted by atomic mass is 19.1. The molecule has 0 spiro atoms. The molecule has 5 heteroatoms. The van der Waals surface area contributed by atoms with Crippen molar-refractivity contribution in [1.29, 1.82) is 0 Å². The number of benzene rings is 1. The number of anilines is 1. The van der Waals surface area contributed by atoms with Gasteiger partial charge in [-0.05, 0) is 32.9 Å². The summed E-state index contributed by atoms with van der Waals surface area (Å²) in [7, 11) is 0. The number of carbonyl (C=O) groups excluding carboxylic acids is 1. The number of halogens is 2. The van der Waals surface area contributed by atoms with E-state index in [4.69, 9.17) is 0 Å². The van der Waals surface area contributed by atoms with Gasteiger partial charge in [-0.25, -0.2) is 8.78 Å². The van der Waals surface area contributed by atoms with E-state index in [1.165, 1.54) is 6.07 Å². The van der Waals surface area contributed by atoms with Gasteiger partial charge < -0.3 is 10.6 Å². The normalized spacial score (nSPS) is 11.1. The first-order valence-corrected chi connectivity index (χ1v) is 5.28. The van der Waals surface area contributed by atoms with Crippen molar-refractivity contribution in [3.05, 3.63) is 29.8 Å². The minimum atomic E-state index is -0.714. The Balaban J connectivity index is 2.53. The van der Waals surface area contributed by atoms with Crippen molar-refractivity contribution in [2.24, 2.45) is 0 Å². The van der Waals surface area contributed by atoms with E-state index in [1.807, 2.05) is 20.8 Å². The lowest BCUT2D eigenvalue weighted by molar-refractivity contribution is -0.120. The molecule has 0 saturated carbocycles. The van der Waals surface area contributed by atoms with E-state index in [9.17, 15) is 13.6 Å². The van der Waals surface area contributed by atoms with Crippen LogP contribution >= 0.6 is 0 Å². The first-order valence-electron chi connectivity index (χ1n) is 5.28. The highest BCUT2D eigenvalue weighted by molar-refractivity contribution is 5.81. The lowest BCUT2D eigenvalue weighted by Crippen LogP contribution is -2.43. The molecule has 0 heterocycles. The molecule has 0 unspecified atom stereocenters. The molecule has 0 radical (unpaired) electrons. The lowest BCUT2D eigenvalue weighted by Gasteiger charge is -2.20. The van der Waals surface area contributed by atoms with Gasteiger partial charge in [0.15, 0.2) is 0 Å². The second-order valence-corrected chi connectivity index (χ2v) is 4.78. The largest absolute Gasteiger partial charge is 0.374 e. The Bertz CT molecular complexity index is 413. The Hall–Kier alpha value is -1.65. The number of hydrogen-bond donors (Lipinski definition) is 2. The summed E-state index contributed by atoms with van der Waals surface area (Å²) >= 11 is 0. The van der Waals surface area contributed by atoms with Gasteiger partial charge in [-0.15, -0.1) is 0 Å². The van der Waals surface area contributed by atoms with Gasteiger partial charge in [-0.1, -0.05) is 0 Å². The maximum absolute atomic E-state index is 13.2. The molecule has 1 aromatic rings. The highest BCUT2D eigenvalue weighted by Gasteiger charge is 2.13. The Morgan fingerprint density at radius 2 is 1.94 bits per heavy atom. The average Bonchev–Trinajstić information content (AvgIpc) is 2.13. The third-order valence-electron chi connectivity index (χ3n) is 1.88. The molecule has 0 atom stereocenters. The smallest absolute Gasteiger partial charge is 0.239 e. The van der Waals surface area contributed by atoms with Crippen LogP contribution in [0.3, 0.4) is 0 Å². The van der Waals surface area contributed by atoms with Crippen LogP contribution in [0.2, 0.25) is 0 Å². The van der Waals surface area contributed by atoms with Crippen molar-refractivity contribution >= 4 is 11.6 Å². The van der Waals surface area contributed by atoms with Crippen molar-refractivity contribution in [2.75, 3.05) is 11.9 Å². The molecule has 1 rings (SSSR count). The van der Waals surface area contributed by atoms with Crippen LogP contribution in [0, 0.1) is 11.6 Å². The number of rotatable bonds is 3. The fourth-order valence-corrected chi connectivity index (χ4v) is 1.27. The Kier molecular flexibility index (Phi) is 4.04. The van der Waals surface area contributed by atoms with Gasteiger partial charge in [-0.3, -0.25) is 4.79 Å². The summed E-state index contributed by atoms with van der Waals surface area (Å²) in [6, 6.07) is 3.16. The van der Waals surface area contributed by atoms with Crippen molar-refractivity contribution in [3.8, 4) is 0 Å². The van der Waals surface area contributed by atoms with Gasteiger partial charge in [0.05, 0.1) is 12.2 Å². The van der Waals surface area contributed by atoms with E-state index >= 15 is 0 Å². The molecule has 1 aromatic carbocycles. The predicted molar refractivity (Wildman–Crippen MR) is 62.7 cm³/mol. The van der Waals surface area contributed by atoms with Gasteiger partial charge in [0.25, 0.3) is 0 Å². The molecule has 0 aromatic heterocycles. The van der Waals surface area contributed by atoms with Gasteiger partial charge in [0, 0.05) is 11.6 Å². The first-order chi connectivity index (χ1) is 7.78. The van der Waals surface area contributed by atoms with Crippen LogP contribution < -0.4 is 10.6 Å². The van der Waals surface area contributed by atoms with Crippen LogP contribution in [0.1, 0.15) is 20.8 Å². The van der Waals surface area contributed by atoms with Gasteiger partial charge in [0.1, 0.15) is 11.6 Å². The van der Waals surface area contributed by atoms with Crippen LogP contribution in [0.25, 0.3) is 0 Å². The van der Waals surface area contributed by atoms with Crippen LogP contribution in [0.15, 0.2) is 18.2 Å². The second-order valence-electron chi connectivity index (χ2n) is 4.78. The van der Waals surface area contributed by atoms with Crippen molar-refractivity contribution in [2.45, 2.75) is 26.3 Å². The first kappa shape index (κ1) is 13.4. The lowest BCUT2D eigenvalue weighted by atomic mass is 10.1. The van der Waals surface area contributed by atoms with Gasteiger partial charge in [0.2, 0.25) is 5.91 Å². The third kappa shape index (κ3) is 4.80.